The Bertz CT molecular complexity index is 812. The van der Waals surface area contributed by atoms with Crippen LogP contribution in [0.5, 0.6) is 0 Å². The second-order valence-corrected chi connectivity index (χ2v) is 5.47. The Balaban J connectivity index is 1.91. The molecule has 22 heavy (non-hydrogen) atoms. The topological polar surface area (TPSA) is 83.3 Å². The summed E-state index contributed by atoms with van der Waals surface area (Å²) in [6.07, 6.45) is 1.64. The van der Waals surface area contributed by atoms with Gasteiger partial charge in [0, 0.05) is 22.7 Å². The minimum atomic E-state index is -0.945. The van der Waals surface area contributed by atoms with Crippen LogP contribution in [0.4, 0.5) is 0 Å². The maximum atomic E-state index is 10.9. The Morgan fingerprint density at radius 3 is 2.59 bits per heavy atom. The molecule has 0 saturated carbocycles. The van der Waals surface area contributed by atoms with E-state index in [1.165, 1.54) is 11.3 Å². The first-order valence-corrected chi connectivity index (χ1v) is 7.41. The Morgan fingerprint density at radius 2 is 1.91 bits per heavy atom. The molecule has 5 nitrogen and oxygen atoms in total. The lowest BCUT2D eigenvalue weighted by molar-refractivity contribution is 0.0697. The number of hydrogen-bond acceptors (Lipinski definition) is 5. The lowest BCUT2D eigenvalue weighted by atomic mass is 10.1. The largest absolute Gasteiger partial charge is 0.478 e. The van der Waals surface area contributed by atoms with Gasteiger partial charge in [-0.25, -0.2) is 9.78 Å². The van der Waals surface area contributed by atoms with E-state index in [4.69, 9.17) is 10.2 Å². The molecule has 3 rings (SSSR count). The molecule has 0 amide bonds. The summed E-state index contributed by atoms with van der Waals surface area (Å²) in [6.45, 7) is -0.110. The number of benzene rings is 1. The molecule has 0 radical (unpaired) electrons. The van der Waals surface area contributed by atoms with Crippen LogP contribution >= 0.6 is 11.3 Å². The van der Waals surface area contributed by atoms with Gasteiger partial charge in [0.1, 0.15) is 5.01 Å². The fourth-order valence-corrected chi connectivity index (χ4v) is 2.85. The van der Waals surface area contributed by atoms with E-state index in [9.17, 15) is 4.79 Å². The summed E-state index contributed by atoms with van der Waals surface area (Å²) in [7, 11) is 0. The normalized spacial score (nSPS) is 10.6. The van der Waals surface area contributed by atoms with Gasteiger partial charge < -0.3 is 10.2 Å². The standard InChI is InChI=1S/C16H12N2O3S/c19-8-13-7-12(5-6-17-13)14-9-22-15(18-14)10-1-3-11(4-2-10)16(20)21/h1-7,9,19H,8H2,(H,20,21). The number of hydrogen-bond donors (Lipinski definition) is 2. The van der Waals surface area contributed by atoms with Gasteiger partial charge in [-0.1, -0.05) is 12.1 Å². The van der Waals surface area contributed by atoms with E-state index in [0.717, 1.165) is 21.8 Å². The number of rotatable bonds is 4. The summed E-state index contributed by atoms with van der Waals surface area (Å²) in [6, 6.07) is 10.3. The molecule has 0 aliphatic carbocycles. The molecular weight excluding hydrogens is 300 g/mol. The van der Waals surface area contributed by atoms with Crippen molar-refractivity contribution in [2.24, 2.45) is 0 Å². The fourth-order valence-electron chi connectivity index (χ4n) is 2.02. The highest BCUT2D eigenvalue weighted by atomic mass is 32.1. The third kappa shape index (κ3) is 2.88. The van der Waals surface area contributed by atoms with E-state index in [2.05, 4.69) is 9.97 Å². The van der Waals surface area contributed by atoms with Crippen LogP contribution in [0.1, 0.15) is 16.1 Å². The van der Waals surface area contributed by atoms with Crippen molar-refractivity contribution in [1.82, 2.24) is 9.97 Å². The van der Waals surface area contributed by atoms with Crippen molar-refractivity contribution < 1.29 is 15.0 Å². The highest BCUT2D eigenvalue weighted by Gasteiger charge is 2.09. The molecule has 0 spiro atoms. The van der Waals surface area contributed by atoms with E-state index in [0.29, 0.717) is 5.69 Å². The first kappa shape index (κ1) is 14.4. The zero-order valence-corrected chi connectivity index (χ0v) is 12.2. The number of carboxylic acid groups (broad SMARTS) is 1. The molecule has 0 bridgehead atoms. The highest BCUT2D eigenvalue weighted by molar-refractivity contribution is 7.13. The lowest BCUT2D eigenvalue weighted by Crippen LogP contribution is -1.94. The number of aromatic carboxylic acids is 1. The third-order valence-corrected chi connectivity index (χ3v) is 4.05. The van der Waals surface area contributed by atoms with Gasteiger partial charge in [-0.3, -0.25) is 4.98 Å². The third-order valence-electron chi connectivity index (χ3n) is 3.16. The van der Waals surface area contributed by atoms with Gasteiger partial charge in [0.25, 0.3) is 0 Å². The van der Waals surface area contributed by atoms with Gasteiger partial charge in [0.15, 0.2) is 0 Å². The van der Waals surface area contributed by atoms with Gasteiger partial charge in [-0.2, -0.15) is 0 Å². The van der Waals surface area contributed by atoms with Crippen LogP contribution in [-0.2, 0) is 6.61 Å². The molecule has 6 heteroatoms. The molecule has 110 valence electrons. The number of aliphatic hydroxyl groups excluding tert-OH is 1. The summed E-state index contributed by atoms with van der Waals surface area (Å²) in [5.74, 6) is -0.945. The Hall–Kier alpha value is -2.57. The Kier molecular flexibility index (Phi) is 3.95. The van der Waals surface area contributed by atoms with Crippen LogP contribution in [0.15, 0.2) is 48.0 Å². The molecule has 0 aliphatic heterocycles. The predicted octanol–water partition coefficient (Wildman–Crippen LogP) is 3.06. The molecule has 1 aromatic carbocycles. The van der Waals surface area contributed by atoms with Crippen LogP contribution in [0.25, 0.3) is 21.8 Å². The molecule has 0 unspecified atom stereocenters. The van der Waals surface area contributed by atoms with Crippen LogP contribution in [0, 0.1) is 0 Å². The van der Waals surface area contributed by atoms with Crippen LogP contribution in [0.3, 0.4) is 0 Å². The summed E-state index contributed by atoms with van der Waals surface area (Å²) in [5.41, 5.74) is 3.42. The molecule has 0 aliphatic rings. The quantitative estimate of drug-likeness (QED) is 0.773. The molecule has 2 aromatic heterocycles. The van der Waals surface area contributed by atoms with Crippen molar-refractivity contribution in [3.05, 3.63) is 59.2 Å². The second kappa shape index (κ2) is 6.05. The average molecular weight is 312 g/mol. The summed E-state index contributed by atoms with van der Waals surface area (Å²) in [4.78, 5) is 19.5. The summed E-state index contributed by atoms with van der Waals surface area (Å²) >= 11 is 1.48. The first-order valence-electron chi connectivity index (χ1n) is 6.53. The molecule has 3 aromatic rings. The second-order valence-electron chi connectivity index (χ2n) is 4.61. The van der Waals surface area contributed by atoms with E-state index in [-0.39, 0.29) is 12.2 Å². The van der Waals surface area contributed by atoms with E-state index >= 15 is 0 Å². The molecule has 0 saturated heterocycles. The molecular formula is C16H12N2O3S. The van der Waals surface area contributed by atoms with E-state index in [1.54, 1.807) is 36.5 Å². The van der Waals surface area contributed by atoms with Gasteiger partial charge in [0.05, 0.1) is 23.6 Å². The number of carboxylic acids is 1. The average Bonchev–Trinajstić information content (AvgIpc) is 3.05. The molecule has 0 fully saturated rings. The Morgan fingerprint density at radius 1 is 1.14 bits per heavy atom. The number of pyridine rings is 1. The first-order chi connectivity index (χ1) is 10.7. The van der Waals surface area contributed by atoms with Gasteiger partial charge in [-0.15, -0.1) is 11.3 Å². The minimum Gasteiger partial charge on any atom is -0.478 e. The predicted molar refractivity (Wildman–Crippen MR) is 83.7 cm³/mol. The summed E-state index contributed by atoms with van der Waals surface area (Å²) < 4.78 is 0. The Labute approximate surface area is 130 Å². The van der Waals surface area contributed by atoms with Crippen LogP contribution in [0.2, 0.25) is 0 Å². The van der Waals surface area contributed by atoms with Crippen molar-refractivity contribution in [3.63, 3.8) is 0 Å². The maximum Gasteiger partial charge on any atom is 0.335 e. The lowest BCUT2D eigenvalue weighted by Gasteiger charge is -2.00. The molecule has 2 N–H and O–H groups in total. The van der Waals surface area contributed by atoms with Crippen molar-refractivity contribution in [2.45, 2.75) is 6.61 Å². The maximum absolute atomic E-state index is 10.9. The molecule has 0 atom stereocenters. The van der Waals surface area contributed by atoms with E-state index < -0.39 is 5.97 Å². The number of nitrogens with zero attached hydrogens (tertiary/aromatic N) is 2. The van der Waals surface area contributed by atoms with Crippen molar-refractivity contribution in [3.8, 4) is 21.8 Å². The number of aliphatic hydroxyl groups is 1. The van der Waals surface area contributed by atoms with Crippen molar-refractivity contribution >= 4 is 17.3 Å². The zero-order valence-electron chi connectivity index (χ0n) is 11.4. The molecule has 2 heterocycles. The smallest absolute Gasteiger partial charge is 0.335 e. The summed E-state index contributed by atoms with van der Waals surface area (Å²) in [5, 5.41) is 20.8. The number of carbonyl (C=O) groups is 1. The number of thiazole rings is 1. The van der Waals surface area contributed by atoms with E-state index in [1.807, 2.05) is 11.4 Å². The van der Waals surface area contributed by atoms with Gasteiger partial charge >= 0.3 is 5.97 Å². The van der Waals surface area contributed by atoms with Crippen LogP contribution in [-0.4, -0.2) is 26.2 Å². The van der Waals surface area contributed by atoms with Crippen LogP contribution < -0.4 is 0 Å². The fraction of sp³-hybridized carbons (Fsp3) is 0.0625. The van der Waals surface area contributed by atoms with Gasteiger partial charge in [-0.05, 0) is 24.3 Å². The number of aromatic nitrogens is 2. The van der Waals surface area contributed by atoms with Crippen molar-refractivity contribution in [2.75, 3.05) is 0 Å². The van der Waals surface area contributed by atoms with Gasteiger partial charge in [0.2, 0.25) is 0 Å². The van der Waals surface area contributed by atoms with Crippen molar-refractivity contribution in [1.29, 1.82) is 0 Å². The monoisotopic (exact) mass is 312 g/mol. The zero-order chi connectivity index (χ0) is 15.5. The minimum absolute atomic E-state index is 0.110. The highest BCUT2D eigenvalue weighted by Crippen LogP contribution is 2.29. The SMILES string of the molecule is O=C(O)c1ccc(-c2nc(-c3ccnc(CO)c3)cs2)cc1.